The Kier molecular flexibility index (Phi) is 4.60. The van der Waals surface area contributed by atoms with E-state index in [4.69, 9.17) is 4.74 Å². The molecule has 0 radical (unpaired) electrons. The number of nitrogens with zero attached hydrogens (tertiary/aromatic N) is 1. The second-order valence-corrected chi connectivity index (χ2v) is 5.72. The van der Waals surface area contributed by atoms with Crippen molar-refractivity contribution >= 4 is 21.9 Å². The zero-order valence-electron chi connectivity index (χ0n) is 10.8. The third-order valence-electron chi connectivity index (χ3n) is 2.18. The molecule has 8 heteroatoms. The molecular weight excluding hydrogens is 272 g/mol. The van der Waals surface area contributed by atoms with Gasteiger partial charge < -0.3 is 4.74 Å². The van der Waals surface area contributed by atoms with Crippen molar-refractivity contribution in [1.29, 1.82) is 0 Å². The van der Waals surface area contributed by atoms with Crippen LogP contribution < -0.4 is 9.46 Å². The summed E-state index contributed by atoms with van der Waals surface area (Å²) in [5.41, 5.74) is 0.371. The maximum atomic E-state index is 11.7. The maximum absolute atomic E-state index is 11.7. The summed E-state index contributed by atoms with van der Waals surface area (Å²) >= 11 is 0. The van der Waals surface area contributed by atoms with Crippen LogP contribution in [0.1, 0.15) is 29.9 Å². The van der Waals surface area contributed by atoms with E-state index >= 15 is 0 Å². The molecule has 1 N–H and O–H groups in total. The van der Waals surface area contributed by atoms with Crippen LogP contribution in [-0.4, -0.2) is 31.0 Å². The molecule has 1 aromatic rings. The first-order valence-corrected chi connectivity index (χ1v) is 7.11. The summed E-state index contributed by atoms with van der Waals surface area (Å²) in [5.74, 6) is -1.43. The molecule has 0 saturated heterocycles. The SMILES string of the molecule is CCS(=O)(=O)NC(=O)c1ccc(OC(C)=O)nc1C. The lowest BCUT2D eigenvalue weighted by Gasteiger charge is -2.08. The van der Waals surface area contributed by atoms with Crippen LogP contribution in [0.15, 0.2) is 12.1 Å². The number of hydrogen-bond acceptors (Lipinski definition) is 6. The van der Waals surface area contributed by atoms with Crippen LogP contribution >= 0.6 is 0 Å². The molecule has 0 fully saturated rings. The van der Waals surface area contributed by atoms with Gasteiger partial charge in [0.25, 0.3) is 5.91 Å². The van der Waals surface area contributed by atoms with E-state index in [0.717, 1.165) is 0 Å². The van der Waals surface area contributed by atoms with Gasteiger partial charge in [-0.25, -0.2) is 18.1 Å². The Hall–Kier alpha value is -1.96. The molecule has 0 aliphatic heterocycles. The Morgan fingerprint density at radius 2 is 2.00 bits per heavy atom. The van der Waals surface area contributed by atoms with Crippen molar-refractivity contribution < 1.29 is 22.7 Å². The van der Waals surface area contributed by atoms with Gasteiger partial charge in [-0.2, -0.15) is 0 Å². The normalized spacial score (nSPS) is 10.9. The minimum Gasteiger partial charge on any atom is -0.408 e. The summed E-state index contributed by atoms with van der Waals surface area (Å²) in [6, 6.07) is 2.67. The molecule has 0 unspecified atom stereocenters. The van der Waals surface area contributed by atoms with Crippen molar-refractivity contribution in [1.82, 2.24) is 9.71 Å². The van der Waals surface area contributed by atoms with Gasteiger partial charge in [0.2, 0.25) is 15.9 Å². The van der Waals surface area contributed by atoms with Gasteiger partial charge in [-0.05, 0) is 19.9 Å². The third kappa shape index (κ3) is 4.32. The first kappa shape index (κ1) is 15.1. The van der Waals surface area contributed by atoms with Crippen molar-refractivity contribution in [2.45, 2.75) is 20.8 Å². The Labute approximate surface area is 111 Å². The summed E-state index contributed by atoms with van der Waals surface area (Å²) in [6.45, 7) is 4.16. The average molecular weight is 286 g/mol. The van der Waals surface area contributed by atoms with E-state index in [9.17, 15) is 18.0 Å². The fourth-order valence-electron chi connectivity index (χ4n) is 1.25. The average Bonchev–Trinajstić information content (AvgIpc) is 2.27. The topological polar surface area (TPSA) is 102 Å². The number of nitrogens with one attached hydrogen (secondary N) is 1. The highest BCUT2D eigenvalue weighted by atomic mass is 32.2. The highest BCUT2D eigenvalue weighted by molar-refractivity contribution is 7.90. The largest absolute Gasteiger partial charge is 0.408 e. The summed E-state index contributed by atoms with van der Waals surface area (Å²) in [4.78, 5) is 26.4. The first-order valence-electron chi connectivity index (χ1n) is 5.46. The number of carbonyl (C=O) groups excluding carboxylic acids is 2. The first-order chi connectivity index (χ1) is 8.75. The van der Waals surface area contributed by atoms with Crippen LogP contribution in [0, 0.1) is 6.92 Å². The molecule has 0 bridgehead atoms. The molecule has 19 heavy (non-hydrogen) atoms. The number of sulfonamides is 1. The van der Waals surface area contributed by atoms with Gasteiger partial charge in [0.1, 0.15) is 0 Å². The van der Waals surface area contributed by atoms with Crippen molar-refractivity contribution in [2.75, 3.05) is 5.75 Å². The molecule has 7 nitrogen and oxygen atoms in total. The van der Waals surface area contributed by atoms with Crippen molar-refractivity contribution in [3.8, 4) is 5.88 Å². The van der Waals surface area contributed by atoms with E-state index in [0.29, 0.717) is 0 Å². The van der Waals surface area contributed by atoms with Crippen LogP contribution in [0.2, 0.25) is 0 Å². The van der Waals surface area contributed by atoms with Crippen molar-refractivity contribution in [3.63, 3.8) is 0 Å². The Bertz CT molecular complexity index is 610. The number of carbonyl (C=O) groups is 2. The van der Waals surface area contributed by atoms with Gasteiger partial charge >= 0.3 is 5.97 Å². The summed E-state index contributed by atoms with van der Waals surface area (Å²) in [7, 11) is -3.63. The predicted molar refractivity (Wildman–Crippen MR) is 67.2 cm³/mol. The monoisotopic (exact) mass is 286 g/mol. The summed E-state index contributed by atoms with van der Waals surface area (Å²) < 4.78 is 29.2. The number of rotatable bonds is 4. The second kappa shape index (κ2) is 5.79. The van der Waals surface area contributed by atoms with Gasteiger partial charge in [0, 0.05) is 13.0 Å². The molecular formula is C11H14N2O5S. The number of hydrogen-bond donors (Lipinski definition) is 1. The highest BCUT2D eigenvalue weighted by Gasteiger charge is 2.17. The van der Waals surface area contributed by atoms with Gasteiger partial charge in [0.05, 0.1) is 17.0 Å². The van der Waals surface area contributed by atoms with Crippen LogP contribution in [0.5, 0.6) is 5.88 Å². The zero-order valence-corrected chi connectivity index (χ0v) is 11.6. The maximum Gasteiger partial charge on any atom is 0.309 e. The lowest BCUT2D eigenvalue weighted by atomic mass is 10.2. The van der Waals surface area contributed by atoms with Gasteiger partial charge in [0.15, 0.2) is 0 Å². The third-order valence-corrected chi connectivity index (χ3v) is 3.44. The van der Waals surface area contributed by atoms with Crippen LogP contribution in [-0.2, 0) is 14.8 Å². The molecule has 0 aliphatic carbocycles. The molecule has 0 saturated carbocycles. The summed E-state index contributed by atoms with van der Waals surface area (Å²) in [6.07, 6.45) is 0. The number of esters is 1. The molecule has 1 rings (SSSR count). The molecule has 0 atom stereocenters. The smallest absolute Gasteiger partial charge is 0.309 e. The Morgan fingerprint density at radius 3 is 2.47 bits per heavy atom. The lowest BCUT2D eigenvalue weighted by Crippen LogP contribution is -2.32. The zero-order chi connectivity index (χ0) is 14.6. The molecule has 1 amide bonds. The van der Waals surface area contributed by atoms with Crippen LogP contribution in [0.3, 0.4) is 0 Å². The minimum atomic E-state index is -3.63. The molecule has 0 spiro atoms. The number of ether oxygens (including phenoxy) is 1. The van der Waals surface area contributed by atoms with Gasteiger partial charge in [-0.15, -0.1) is 0 Å². The van der Waals surface area contributed by atoms with Crippen molar-refractivity contribution in [3.05, 3.63) is 23.4 Å². The molecule has 0 aromatic carbocycles. The van der Waals surface area contributed by atoms with E-state index in [-0.39, 0.29) is 22.9 Å². The van der Waals surface area contributed by atoms with E-state index < -0.39 is 21.9 Å². The summed E-state index contributed by atoms with van der Waals surface area (Å²) in [5, 5.41) is 0. The standard InChI is InChI=1S/C11H14N2O5S/c1-4-19(16,17)13-11(15)9-5-6-10(12-7(9)2)18-8(3)14/h5-6H,4H2,1-3H3,(H,13,15). The fourth-order valence-corrected chi connectivity index (χ4v) is 1.79. The van der Waals surface area contributed by atoms with Crippen LogP contribution in [0.25, 0.3) is 0 Å². The number of pyridine rings is 1. The lowest BCUT2D eigenvalue weighted by molar-refractivity contribution is -0.132. The minimum absolute atomic E-state index is 0.0555. The van der Waals surface area contributed by atoms with Gasteiger partial charge in [-0.1, -0.05) is 0 Å². The van der Waals surface area contributed by atoms with Gasteiger partial charge in [-0.3, -0.25) is 9.59 Å². The highest BCUT2D eigenvalue weighted by Crippen LogP contribution is 2.13. The Morgan fingerprint density at radius 1 is 1.37 bits per heavy atom. The predicted octanol–water partition coefficient (Wildman–Crippen LogP) is 0.395. The number of aromatic nitrogens is 1. The van der Waals surface area contributed by atoms with E-state index in [1.165, 1.54) is 32.9 Å². The molecule has 104 valence electrons. The number of amides is 1. The van der Waals surface area contributed by atoms with E-state index in [1.54, 1.807) is 0 Å². The quantitative estimate of drug-likeness (QED) is 0.803. The van der Waals surface area contributed by atoms with E-state index in [2.05, 4.69) is 4.98 Å². The fraction of sp³-hybridized carbons (Fsp3) is 0.364. The molecule has 1 aromatic heterocycles. The number of aryl methyl sites for hydroxylation is 1. The second-order valence-electron chi connectivity index (χ2n) is 3.71. The van der Waals surface area contributed by atoms with Crippen LogP contribution in [0.4, 0.5) is 0 Å². The van der Waals surface area contributed by atoms with Crippen molar-refractivity contribution in [2.24, 2.45) is 0 Å². The molecule has 0 aliphatic rings. The molecule has 1 heterocycles. The van der Waals surface area contributed by atoms with E-state index in [1.807, 2.05) is 4.72 Å². The Balaban J connectivity index is 2.97.